The smallest absolute Gasteiger partial charge is 0.240 e. The zero-order chi connectivity index (χ0) is 14.9. The number of carbonyl (C=O) groups is 1. The summed E-state index contributed by atoms with van der Waals surface area (Å²) in [6.07, 6.45) is 5.19. The van der Waals surface area contributed by atoms with Crippen LogP contribution < -0.4 is 10.6 Å². The summed E-state index contributed by atoms with van der Waals surface area (Å²) in [6, 6.07) is 0. The Morgan fingerprint density at radius 2 is 1.68 bits per heavy atom. The molecular formula is C16H34N2O. The third kappa shape index (κ3) is 6.95. The minimum absolute atomic E-state index is 0.148. The number of hydrogen-bond donors (Lipinski definition) is 2. The van der Waals surface area contributed by atoms with Gasteiger partial charge in [-0.1, -0.05) is 47.5 Å². The molecule has 19 heavy (non-hydrogen) atoms. The van der Waals surface area contributed by atoms with Gasteiger partial charge in [0.25, 0.3) is 0 Å². The van der Waals surface area contributed by atoms with Crippen LogP contribution >= 0.6 is 0 Å². The van der Waals surface area contributed by atoms with Gasteiger partial charge in [0.15, 0.2) is 0 Å². The van der Waals surface area contributed by atoms with Crippen LogP contribution in [0, 0.1) is 5.41 Å². The van der Waals surface area contributed by atoms with Crippen molar-refractivity contribution < 1.29 is 4.79 Å². The molecule has 0 spiro atoms. The van der Waals surface area contributed by atoms with Gasteiger partial charge in [-0.05, 0) is 31.6 Å². The molecule has 3 heteroatoms. The Bertz CT molecular complexity index is 263. The van der Waals surface area contributed by atoms with Crippen molar-refractivity contribution in [3.63, 3.8) is 0 Å². The van der Waals surface area contributed by atoms with Crippen LogP contribution in [0.1, 0.15) is 73.6 Å². The SMILES string of the molecule is CCCCC(C)(NCC(C)(C)CC)C(=O)NCCC. The fourth-order valence-corrected chi connectivity index (χ4v) is 1.81. The highest BCUT2D eigenvalue weighted by molar-refractivity contribution is 5.85. The third-order valence-corrected chi connectivity index (χ3v) is 3.98. The van der Waals surface area contributed by atoms with E-state index in [0.717, 1.165) is 45.2 Å². The van der Waals surface area contributed by atoms with Gasteiger partial charge in [0.1, 0.15) is 0 Å². The first-order valence-corrected chi connectivity index (χ1v) is 7.84. The van der Waals surface area contributed by atoms with Gasteiger partial charge in [0.05, 0.1) is 5.54 Å². The van der Waals surface area contributed by atoms with E-state index in [9.17, 15) is 4.79 Å². The van der Waals surface area contributed by atoms with E-state index >= 15 is 0 Å². The maximum Gasteiger partial charge on any atom is 0.240 e. The lowest BCUT2D eigenvalue weighted by Crippen LogP contribution is -2.56. The Hall–Kier alpha value is -0.570. The van der Waals surface area contributed by atoms with Gasteiger partial charge in [-0.3, -0.25) is 4.79 Å². The molecule has 0 aromatic heterocycles. The molecule has 0 fully saturated rings. The van der Waals surface area contributed by atoms with Crippen molar-refractivity contribution in [3.8, 4) is 0 Å². The molecule has 1 atom stereocenters. The first kappa shape index (κ1) is 18.4. The fraction of sp³-hybridized carbons (Fsp3) is 0.938. The Balaban J connectivity index is 4.62. The van der Waals surface area contributed by atoms with Crippen LogP contribution in [-0.2, 0) is 4.79 Å². The van der Waals surface area contributed by atoms with Crippen LogP contribution in [0.4, 0.5) is 0 Å². The molecule has 0 saturated heterocycles. The van der Waals surface area contributed by atoms with Gasteiger partial charge in [0.2, 0.25) is 5.91 Å². The Labute approximate surface area is 119 Å². The largest absolute Gasteiger partial charge is 0.355 e. The summed E-state index contributed by atoms with van der Waals surface area (Å²) in [5.74, 6) is 0.148. The van der Waals surface area contributed by atoms with Crippen molar-refractivity contribution in [2.75, 3.05) is 13.1 Å². The molecule has 0 bridgehead atoms. The van der Waals surface area contributed by atoms with Gasteiger partial charge in [0, 0.05) is 13.1 Å². The maximum absolute atomic E-state index is 12.4. The Morgan fingerprint density at radius 1 is 1.05 bits per heavy atom. The van der Waals surface area contributed by atoms with Crippen LogP contribution in [0.5, 0.6) is 0 Å². The molecular weight excluding hydrogens is 236 g/mol. The summed E-state index contributed by atoms with van der Waals surface area (Å²) < 4.78 is 0. The minimum atomic E-state index is -0.433. The highest BCUT2D eigenvalue weighted by atomic mass is 16.2. The summed E-state index contributed by atoms with van der Waals surface area (Å²) >= 11 is 0. The first-order valence-electron chi connectivity index (χ1n) is 7.84. The number of rotatable bonds is 10. The first-order chi connectivity index (χ1) is 8.81. The van der Waals surface area contributed by atoms with Crippen molar-refractivity contribution >= 4 is 5.91 Å². The number of amides is 1. The molecule has 0 aromatic carbocycles. The van der Waals surface area contributed by atoms with Crippen LogP contribution in [-0.4, -0.2) is 24.5 Å². The second kappa shape index (κ2) is 8.57. The number of carbonyl (C=O) groups excluding carboxylic acids is 1. The van der Waals surface area contributed by atoms with Crippen LogP contribution in [0.3, 0.4) is 0 Å². The van der Waals surface area contributed by atoms with Gasteiger partial charge in [-0.15, -0.1) is 0 Å². The van der Waals surface area contributed by atoms with E-state index in [1.807, 2.05) is 6.92 Å². The molecule has 0 saturated carbocycles. The van der Waals surface area contributed by atoms with E-state index in [1.54, 1.807) is 0 Å². The predicted octanol–water partition coefficient (Wildman–Crippen LogP) is 3.49. The molecule has 2 N–H and O–H groups in total. The topological polar surface area (TPSA) is 41.1 Å². The standard InChI is InChI=1S/C16H34N2O/c1-7-10-11-16(6,14(19)17-12-8-2)18-13-15(4,5)9-3/h18H,7-13H2,1-6H3,(H,17,19). The van der Waals surface area contributed by atoms with E-state index in [-0.39, 0.29) is 11.3 Å². The highest BCUT2D eigenvalue weighted by Crippen LogP contribution is 2.21. The van der Waals surface area contributed by atoms with Gasteiger partial charge in [-0.2, -0.15) is 0 Å². The average Bonchev–Trinajstić information content (AvgIpc) is 2.40. The van der Waals surface area contributed by atoms with Crippen LogP contribution in [0.25, 0.3) is 0 Å². The van der Waals surface area contributed by atoms with Crippen molar-refractivity contribution in [2.45, 2.75) is 79.2 Å². The molecule has 0 radical (unpaired) electrons. The summed E-state index contributed by atoms with van der Waals surface area (Å²) in [5, 5.41) is 6.55. The maximum atomic E-state index is 12.4. The third-order valence-electron chi connectivity index (χ3n) is 3.98. The zero-order valence-corrected chi connectivity index (χ0v) is 13.9. The van der Waals surface area contributed by atoms with Gasteiger partial charge >= 0.3 is 0 Å². The van der Waals surface area contributed by atoms with Crippen molar-refractivity contribution in [3.05, 3.63) is 0 Å². The molecule has 0 aromatic rings. The molecule has 3 nitrogen and oxygen atoms in total. The van der Waals surface area contributed by atoms with E-state index in [4.69, 9.17) is 0 Å². The summed E-state index contributed by atoms with van der Waals surface area (Å²) in [5.41, 5.74) is -0.198. The number of nitrogens with one attached hydrogen (secondary N) is 2. The van der Waals surface area contributed by atoms with Crippen LogP contribution in [0.15, 0.2) is 0 Å². The molecule has 0 aliphatic heterocycles. The molecule has 0 heterocycles. The van der Waals surface area contributed by atoms with Crippen LogP contribution in [0.2, 0.25) is 0 Å². The van der Waals surface area contributed by atoms with Gasteiger partial charge < -0.3 is 10.6 Å². The van der Waals surface area contributed by atoms with E-state index in [1.165, 1.54) is 0 Å². The lowest BCUT2D eigenvalue weighted by Gasteiger charge is -2.34. The molecule has 114 valence electrons. The summed E-state index contributed by atoms with van der Waals surface area (Å²) in [4.78, 5) is 12.4. The highest BCUT2D eigenvalue weighted by Gasteiger charge is 2.33. The molecule has 1 unspecified atom stereocenters. The fourth-order valence-electron chi connectivity index (χ4n) is 1.81. The second-order valence-corrected chi connectivity index (χ2v) is 6.56. The lowest BCUT2D eigenvalue weighted by atomic mass is 9.87. The zero-order valence-electron chi connectivity index (χ0n) is 13.9. The van der Waals surface area contributed by atoms with Gasteiger partial charge in [-0.25, -0.2) is 0 Å². The second-order valence-electron chi connectivity index (χ2n) is 6.56. The molecule has 1 amide bonds. The Kier molecular flexibility index (Phi) is 8.31. The average molecular weight is 270 g/mol. The van der Waals surface area contributed by atoms with E-state index < -0.39 is 5.54 Å². The van der Waals surface area contributed by atoms with E-state index in [2.05, 4.69) is 45.3 Å². The quantitative estimate of drug-likeness (QED) is 0.638. The normalized spacial score (nSPS) is 15.1. The van der Waals surface area contributed by atoms with Crippen molar-refractivity contribution in [1.82, 2.24) is 10.6 Å². The number of unbranched alkanes of at least 4 members (excludes halogenated alkanes) is 1. The van der Waals surface area contributed by atoms with E-state index in [0.29, 0.717) is 0 Å². The molecule has 0 aliphatic carbocycles. The van der Waals surface area contributed by atoms with Crippen molar-refractivity contribution in [1.29, 1.82) is 0 Å². The summed E-state index contributed by atoms with van der Waals surface area (Å²) in [6.45, 7) is 14.6. The number of hydrogen-bond acceptors (Lipinski definition) is 2. The predicted molar refractivity (Wildman–Crippen MR) is 83.3 cm³/mol. The minimum Gasteiger partial charge on any atom is -0.355 e. The summed E-state index contributed by atoms with van der Waals surface area (Å²) in [7, 11) is 0. The lowest BCUT2D eigenvalue weighted by molar-refractivity contribution is -0.127. The van der Waals surface area contributed by atoms with Crippen molar-refractivity contribution in [2.24, 2.45) is 5.41 Å². The molecule has 0 rings (SSSR count). The molecule has 0 aliphatic rings. The Morgan fingerprint density at radius 3 is 2.16 bits per heavy atom. The monoisotopic (exact) mass is 270 g/mol.